The van der Waals surface area contributed by atoms with Crippen LogP contribution in [0.1, 0.15) is 35.5 Å². The molecule has 2 aromatic heterocycles. The molecule has 3 heterocycles. The minimum Gasteiger partial charge on any atom is -0.334 e. The molecule has 0 fully saturated rings. The zero-order chi connectivity index (χ0) is 23.1. The van der Waals surface area contributed by atoms with Gasteiger partial charge in [0.1, 0.15) is 5.82 Å². The third-order valence-corrected chi connectivity index (χ3v) is 6.70. The van der Waals surface area contributed by atoms with E-state index >= 15 is 0 Å². The number of hydrogen-bond donors (Lipinski definition) is 1. The molecule has 1 unspecified atom stereocenters. The van der Waals surface area contributed by atoms with E-state index in [9.17, 15) is 9.18 Å². The summed E-state index contributed by atoms with van der Waals surface area (Å²) in [4.78, 5) is 20.3. The average molecular weight is 461 g/mol. The lowest BCUT2D eigenvalue weighted by molar-refractivity contribution is 0.244. The maximum absolute atomic E-state index is 13.5. The number of urea groups is 1. The van der Waals surface area contributed by atoms with Gasteiger partial charge in [0.25, 0.3) is 5.89 Å². The van der Waals surface area contributed by atoms with Gasteiger partial charge in [0.05, 0.1) is 22.2 Å². The van der Waals surface area contributed by atoms with Crippen molar-refractivity contribution in [2.45, 2.75) is 26.8 Å². The Hall–Kier alpha value is -3.78. The van der Waals surface area contributed by atoms with Crippen LogP contribution >= 0.6 is 11.3 Å². The van der Waals surface area contributed by atoms with Crippen molar-refractivity contribution >= 4 is 28.6 Å². The van der Waals surface area contributed by atoms with Gasteiger partial charge in [-0.1, -0.05) is 29.4 Å². The van der Waals surface area contributed by atoms with E-state index in [0.29, 0.717) is 28.7 Å². The van der Waals surface area contributed by atoms with Crippen LogP contribution in [0.4, 0.5) is 14.9 Å². The number of benzene rings is 2. The highest BCUT2D eigenvalue weighted by atomic mass is 32.1. The molecule has 0 aliphatic carbocycles. The van der Waals surface area contributed by atoms with Gasteiger partial charge in [0.2, 0.25) is 5.82 Å². The van der Waals surface area contributed by atoms with E-state index in [-0.39, 0.29) is 11.8 Å². The van der Waals surface area contributed by atoms with Crippen LogP contribution in [0.2, 0.25) is 0 Å². The fraction of sp³-hybridized carbons (Fsp3) is 0.160. The van der Waals surface area contributed by atoms with Crippen LogP contribution < -0.4 is 10.2 Å². The van der Waals surface area contributed by atoms with Gasteiger partial charge in [-0.25, -0.2) is 9.18 Å². The quantitative estimate of drug-likeness (QED) is 0.390. The predicted octanol–water partition coefficient (Wildman–Crippen LogP) is 6.26. The number of halogens is 1. The molecular weight excluding hydrogens is 439 g/mol. The Morgan fingerprint density at radius 1 is 1.06 bits per heavy atom. The molecule has 1 aliphatic heterocycles. The van der Waals surface area contributed by atoms with Gasteiger partial charge in [0, 0.05) is 5.70 Å². The zero-order valence-corrected chi connectivity index (χ0v) is 19.1. The summed E-state index contributed by atoms with van der Waals surface area (Å²) in [6.45, 7) is 5.91. The van der Waals surface area contributed by atoms with Crippen molar-refractivity contribution in [2.75, 3.05) is 4.90 Å². The number of anilines is 1. The average Bonchev–Trinajstić information content (AvgIpc) is 3.49. The number of nitrogens with zero attached hydrogens (tertiary/aromatic N) is 3. The lowest BCUT2D eigenvalue weighted by Gasteiger charge is -2.35. The van der Waals surface area contributed by atoms with Crippen LogP contribution in [0.5, 0.6) is 0 Å². The van der Waals surface area contributed by atoms with Crippen LogP contribution in [0.25, 0.3) is 16.3 Å². The highest BCUT2D eigenvalue weighted by Crippen LogP contribution is 2.39. The van der Waals surface area contributed by atoms with E-state index in [1.54, 1.807) is 12.1 Å². The summed E-state index contributed by atoms with van der Waals surface area (Å²) >= 11 is 1.52. The first kappa shape index (κ1) is 21.1. The van der Waals surface area contributed by atoms with Gasteiger partial charge in [-0.3, -0.25) is 4.90 Å². The van der Waals surface area contributed by atoms with E-state index in [4.69, 9.17) is 4.52 Å². The second kappa shape index (κ2) is 8.29. The van der Waals surface area contributed by atoms with Crippen LogP contribution in [-0.4, -0.2) is 16.2 Å². The third-order valence-electron chi connectivity index (χ3n) is 5.83. The molecule has 33 heavy (non-hydrogen) atoms. The first-order valence-corrected chi connectivity index (χ1v) is 11.3. The summed E-state index contributed by atoms with van der Waals surface area (Å²) in [5, 5.41) is 9.19. The van der Waals surface area contributed by atoms with Gasteiger partial charge in [-0.15, -0.1) is 11.3 Å². The molecular formula is C25H21FN4O2S. The molecule has 6 nitrogen and oxygen atoms in total. The Morgan fingerprint density at radius 3 is 2.55 bits per heavy atom. The molecule has 8 heteroatoms. The van der Waals surface area contributed by atoms with Crippen molar-refractivity contribution in [3.8, 4) is 10.7 Å². The molecule has 1 N–H and O–H groups in total. The number of aryl methyl sites for hydroxylation is 2. The Balaban J connectivity index is 1.67. The normalized spacial score (nSPS) is 16.3. The zero-order valence-electron chi connectivity index (χ0n) is 18.3. The van der Waals surface area contributed by atoms with Crippen molar-refractivity contribution in [1.82, 2.24) is 15.5 Å². The maximum Gasteiger partial charge on any atom is 0.326 e. The van der Waals surface area contributed by atoms with E-state index in [1.165, 1.54) is 28.4 Å². The largest absolute Gasteiger partial charge is 0.334 e. The molecule has 5 rings (SSSR count). The highest BCUT2D eigenvalue weighted by molar-refractivity contribution is 7.13. The second-order valence-corrected chi connectivity index (χ2v) is 8.89. The van der Waals surface area contributed by atoms with Gasteiger partial charge in [-0.2, -0.15) is 4.98 Å². The molecule has 2 amide bonds. The number of amides is 2. The molecule has 0 radical (unpaired) electrons. The summed E-state index contributed by atoms with van der Waals surface area (Å²) in [6.07, 6.45) is 0. The Bertz CT molecular complexity index is 1360. The number of carbonyl (C=O) groups excluding carboxylic acids is 1. The Morgan fingerprint density at radius 2 is 1.85 bits per heavy atom. The fourth-order valence-electron chi connectivity index (χ4n) is 3.95. The van der Waals surface area contributed by atoms with Crippen molar-refractivity contribution in [3.05, 3.63) is 94.1 Å². The van der Waals surface area contributed by atoms with E-state index in [2.05, 4.69) is 21.5 Å². The Kier molecular flexibility index (Phi) is 5.30. The number of carbonyl (C=O) groups is 1. The third kappa shape index (κ3) is 3.82. The number of aromatic nitrogens is 2. The molecule has 2 aromatic carbocycles. The summed E-state index contributed by atoms with van der Waals surface area (Å²) in [5.41, 5.74) is 5.06. The maximum atomic E-state index is 13.5. The molecule has 0 saturated carbocycles. The molecule has 0 saturated heterocycles. The van der Waals surface area contributed by atoms with Gasteiger partial charge < -0.3 is 9.84 Å². The predicted molar refractivity (Wildman–Crippen MR) is 126 cm³/mol. The van der Waals surface area contributed by atoms with Gasteiger partial charge in [0.15, 0.2) is 0 Å². The van der Waals surface area contributed by atoms with E-state index < -0.39 is 6.04 Å². The lowest BCUT2D eigenvalue weighted by Crippen LogP contribution is -2.46. The standard InChI is InChI=1S/C25H21FN4O2S/c1-14-6-7-17(13-15(14)2)22-21(24-28-23(29-32-24)20-5-4-12-33-20)16(3)30(25(31)27-22)19-10-8-18(26)9-11-19/h4-13,22H,1-3H3,(H,27,31). The number of rotatable bonds is 4. The fourth-order valence-corrected chi connectivity index (χ4v) is 4.60. The number of hydrogen-bond acceptors (Lipinski definition) is 5. The first-order chi connectivity index (χ1) is 15.9. The minimum absolute atomic E-state index is 0.316. The molecule has 166 valence electrons. The van der Waals surface area contributed by atoms with Gasteiger partial charge >= 0.3 is 6.03 Å². The van der Waals surface area contributed by atoms with Crippen LogP contribution in [0, 0.1) is 19.7 Å². The highest BCUT2D eigenvalue weighted by Gasteiger charge is 2.36. The molecule has 0 bridgehead atoms. The summed E-state index contributed by atoms with van der Waals surface area (Å²) in [6, 6.07) is 14.9. The summed E-state index contributed by atoms with van der Waals surface area (Å²) in [7, 11) is 0. The van der Waals surface area contributed by atoms with Crippen LogP contribution in [0.15, 0.2) is 70.2 Å². The van der Waals surface area contributed by atoms with Crippen LogP contribution in [0.3, 0.4) is 0 Å². The number of thiophene rings is 1. The number of nitrogens with one attached hydrogen (secondary N) is 1. The number of allylic oxidation sites excluding steroid dienone is 1. The van der Waals surface area contributed by atoms with Crippen molar-refractivity contribution in [2.24, 2.45) is 0 Å². The summed E-state index contributed by atoms with van der Waals surface area (Å²) in [5.74, 6) is 0.444. The van der Waals surface area contributed by atoms with Crippen molar-refractivity contribution in [1.29, 1.82) is 0 Å². The van der Waals surface area contributed by atoms with Crippen LogP contribution in [-0.2, 0) is 0 Å². The second-order valence-electron chi connectivity index (χ2n) is 7.94. The van der Waals surface area contributed by atoms with E-state index in [0.717, 1.165) is 21.6 Å². The SMILES string of the molecule is CC1=C(c2nc(-c3cccs3)no2)C(c2ccc(C)c(C)c2)NC(=O)N1c1ccc(F)cc1. The molecule has 1 atom stereocenters. The molecule has 0 spiro atoms. The summed E-state index contributed by atoms with van der Waals surface area (Å²) < 4.78 is 19.2. The molecule has 1 aliphatic rings. The van der Waals surface area contributed by atoms with E-state index in [1.807, 2.05) is 50.4 Å². The first-order valence-electron chi connectivity index (χ1n) is 10.4. The topological polar surface area (TPSA) is 71.3 Å². The minimum atomic E-state index is -0.481. The monoisotopic (exact) mass is 460 g/mol. The van der Waals surface area contributed by atoms with Gasteiger partial charge in [-0.05, 0) is 73.2 Å². The van der Waals surface area contributed by atoms with Crippen molar-refractivity contribution in [3.63, 3.8) is 0 Å². The van der Waals surface area contributed by atoms with Crippen molar-refractivity contribution < 1.29 is 13.7 Å². The molecule has 4 aromatic rings. The smallest absolute Gasteiger partial charge is 0.326 e. The lowest BCUT2D eigenvalue weighted by atomic mass is 9.92. The Labute approximate surface area is 194 Å².